The van der Waals surface area contributed by atoms with Gasteiger partial charge in [0.1, 0.15) is 23.2 Å². The maximum absolute atomic E-state index is 9.07. The molecule has 0 unspecified atom stereocenters. The normalized spacial score (nSPS) is 14.3. The van der Waals surface area contributed by atoms with Crippen molar-refractivity contribution < 1.29 is 18.9 Å². The van der Waals surface area contributed by atoms with Crippen molar-refractivity contribution in [3.63, 3.8) is 0 Å². The number of anilines is 3. The fourth-order valence-corrected chi connectivity index (χ4v) is 11.7. The summed E-state index contributed by atoms with van der Waals surface area (Å²) in [7, 11) is 1.68. The Labute approximate surface area is 582 Å². The molecule has 101 heavy (non-hydrogen) atoms. The highest BCUT2D eigenvalue weighted by atomic mass is 16.5. The first-order valence-electron chi connectivity index (χ1n) is 33.4. The third-order valence-electron chi connectivity index (χ3n) is 17.0. The average molecular weight is 1350 g/mol. The van der Waals surface area contributed by atoms with Gasteiger partial charge in [0.15, 0.2) is 17.5 Å². The van der Waals surface area contributed by atoms with E-state index < -0.39 is 0 Å². The van der Waals surface area contributed by atoms with Gasteiger partial charge in [0, 0.05) is 130 Å². The minimum Gasteiger partial charge on any atom is -0.497 e. The molecule has 0 radical (unpaired) electrons. The van der Waals surface area contributed by atoms with Gasteiger partial charge in [-0.3, -0.25) is 29.9 Å². The second kappa shape index (κ2) is 31.6. The molecule has 9 aromatic heterocycles. The predicted octanol–water partition coefficient (Wildman–Crippen LogP) is 10.1. The van der Waals surface area contributed by atoms with Gasteiger partial charge in [0.25, 0.3) is 17.3 Å². The van der Waals surface area contributed by atoms with E-state index in [1.807, 2.05) is 94.3 Å². The van der Waals surface area contributed by atoms with Crippen LogP contribution in [-0.2, 0) is 33.8 Å². The van der Waals surface area contributed by atoms with Crippen LogP contribution in [0.2, 0.25) is 0 Å². The lowest BCUT2D eigenvalue weighted by atomic mass is 10.0. The quantitative estimate of drug-likeness (QED) is 0.0766. The van der Waals surface area contributed by atoms with Crippen LogP contribution in [0.3, 0.4) is 0 Å². The van der Waals surface area contributed by atoms with Gasteiger partial charge < -0.3 is 33.6 Å². The molecule has 0 N–H and O–H groups in total. The Bertz CT molecular complexity index is 5120. The number of benzene rings is 4. The molecule has 0 atom stereocenters. The Morgan fingerprint density at radius 1 is 0.446 bits per heavy atom. The molecule has 3 aliphatic heterocycles. The molecule has 0 bridgehead atoms. The molecular weight excluding hydrogens is 1270 g/mol. The van der Waals surface area contributed by atoms with Crippen molar-refractivity contribution in [3.8, 4) is 46.0 Å². The first kappa shape index (κ1) is 66.1. The van der Waals surface area contributed by atoms with Crippen molar-refractivity contribution in [3.05, 3.63) is 222 Å². The predicted molar refractivity (Wildman–Crippen MR) is 387 cm³/mol. The van der Waals surface area contributed by atoms with Crippen LogP contribution in [0.4, 0.5) is 17.5 Å². The first-order valence-corrected chi connectivity index (χ1v) is 33.4. The summed E-state index contributed by atoms with van der Waals surface area (Å²) in [6.07, 6.45) is 16.0. The lowest BCUT2D eigenvalue weighted by Crippen LogP contribution is -2.37. The summed E-state index contributed by atoms with van der Waals surface area (Å²) in [5.74, 6) is 7.66. The number of aliphatic imine (C=N–C) groups is 3. The van der Waals surface area contributed by atoms with Crippen molar-refractivity contribution >= 4 is 64.2 Å². The highest BCUT2D eigenvalue weighted by Crippen LogP contribution is 2.28. The van der Waals surface area contributed by atoms with Crippen molar-refractivity contribution in [1.29, 1.82) is 5.26 Å². The molecular formula is C75H72N22O4. The van der Waals surface area contributed by atoms with E-state index in [-0.39, 0.29) is 0 Å². The van der Waals surface area contributed by atoms with Crippen molar-refractivity contribution in [2.45, 2.75) is 39.4 Å². The molecule has 3 saturated heterocycles. The SMILES string of the molecule is CC(C)c1cccc(C=NCc2cc(N3CCOCC3)n3nc(-c4ccncc4)nc3n2)c1.COc1ccc2cc(C=NCc3cc(N4CCOCC4)n4nc(-c5ccncc5)nc4n3)ccc2c1.N#Cc1cccc(C=NCc2cc(N3CCOCC3)n3nc(-c4ccncc4)nc3n2)c1. The van der Waals surface area contributed by atoms with Crippen LogP contribution in [0.1, 0.15) is 64.7 Å². The number of pyridine rings is 3. The van der Waals surface area contributed by atoms with Crippen molar-refractivity contribution in [2.24, 2.45) is 15.0 Å². The Hall–Kier alpha value is -12.2. The van der Waals surface area contributed by atoms with E-state index in [0.29, 0.717) is 106 Å². The molecule has 4 aromatic carbocycles. The minimum atomic E-state index is 0.391. The van der Waals surface area contributed by atoms with E-state index in [2.05, 4.69) is 124 Å². The largest absolute Gasteiger partial charge is 0.497 e. The zero-order chi connectivity index (χ0) is 68.7. The standard InChI is InChI=1S/C27H25N7O2.C25H27N7O.C23H20N8O/c1-35-24-5-4-21-14-19(2-3-22(21)15-24)17-29-18-23-16-25(33-10-12-36-13-11-33)34-27(30-23)31-26(32-34)20-6-8-28-9-7-20;1-18(2)21-5-3-4-19(14-21)16-27-17-22-15-23(31-10-12-33-13-11-31)32-25(28-22)29-24(30-32)20-6-8-26-9-7-20;24-14-17-2-1-3-18(12-17)15-26-16-20-13-21(30-8-10-32-11-9-30)31-23(27-20)28-22(29-31)19-4-6-25-7-5-19/h2-9,14-17H,10-13,18H2,1H3;3-9,14-16,18H,10-13,17H2,1-2H3;1-7,12-13,15H,8-11,16H2. The summed E-state index contributed by atoms with van der Waals surface area (Å²) >= 11 is 0. The maximum atomic E-state index is 9.07. The molecule has 12 heterocycles. The van der Waals surface area contributed by atoms with Crippen molar-refractivity contribution in [1.82, 2.24) is 73.7 Å². The molecule has 26 nitrogen and oxygen atoms in total. The average Bonchev–Trinajstić information content (AvgIpc) is 1.68. The van der Waals surface area contributed by atoms with Gasteiger partial charge in [-0.25, -0.2) is 15.0 Å². The van der Waals surface area contributed by atoms with E-state index >= 15 is 0 Å². The Balaban J connectivity index is 0.000000129. The van der Waals surface area contributed by atoms with Gasteiger partial charge in [-0.15, -0.1) is 15.3 Å². The smallest absolute Gasteiger partial charge is 0.254 e. The third-order valence-corrected chi connectivity index (χ3v) is 17.0. The lowest BCUT2D eigenvalue weighted by Gasteiger charge is -2.28. The zero-order valence-electron chi connectivity index (χ0n) is 56.1. The molecule has 13 aromatic rings. The molecule has 0 aliphatic carbocycles. The summed E-state index contributed by atoms with van der Waals surface area (Å²) in [5, 5.41) is 25.5. The number of hydrogen-bond donors (Lipinski definition) is 0. The van der Waals surface area contributed by atoms with Crippen LogP contribution in [0, 0.1) is 11.3 Å². The van der Waals surface area contributed by atoms with Gasteiger partial charge in [-0.05, 0) is 112 Å². The monoisotopic (exact) mass is 1340 g/mol. The van der Waals surface area contributed by atoms with Gasteiger partial charge >= 0.3 is 0 Å². The van der Waals surface area contributed by atoms with Gasteiger partial charge in [0.05, 0.1) is 95.1 Å². The molecule has 0 saturated carbocycles. The Morgan fingerprint density at radius 2 is 0.832 bits per heavy atom. The third kappa shape index (κ3) is 16.2. The van der Waals surface area contributed by atoms with Crippen LogP contribution in [0.15, 0.2) is 192 Å². The van der Waals surface area contributed by atoms with Crippen LogP contribution < -0.4 is 19.4 Å². The number of aromatic nitrogens is 15. The molecule has 3 aliphatic rings. The number of methoxy groups -OCH3 is 1. The summed E-state index contributed by atoms with van der Waals surface area (Å²) in [4.78, 5) is 61.2. The summed E-state index contributed by atoms with van der Waals surface area (Å²) < 4.78 is 27.3. The number of ether oxygens (including phenoxy) is 4. The number of nitrogens with zero attached hydrogens (tertiary/aromatic N) is 22. The van der Waals surface area contributed by atoms with Gasteiger partial charge in [0.2, 0.25) is 0 Å². The molecule has 3 fully saturated rings. The van der Waals surface area contributed by atoms with Crippen LogP contribution in [-0.4, -0.2) is 178 Å². The minimum absolute atomic E-state index is 0.391. The van der Waals surface area contributed by atoms with Gasteiger partial charge in [-0.2, -0.15) is 33.8 Å². The Morgan fingerprint density at radius 3 is 1.24 bits per heavy atom. The maximum Gasteiger partial charge on any atom is 0.254 e. The van der Waals surface area contributed by atoms with Crippen LogP contribution >= 0.6 is 0 Å². The van der Waals surface area contributed by atoms with E-state index in [9.17, 15) is 0 Å². The topological polar surface area (TPSA) is 275 Å². The van der Waals surface area contributed by atoms with Gasteiger partial charge in [-0.1, -0.05) is 62.4 Å². The second-order valence-corrected chi connectivity index (χ2v) is 24.2. The number of fused-ring (bicyclic) bond motifs is 4. The number of rotatable bonds is 17. The summed E-state index contributed by atoms with van der Waals surface area (Å²) in [6, 6.07) is 47.7. The van der Waals surface area contributed by atoms with E-state index in [0.717, 1.165) is 124 Å². The highest BCUT2D eigenvalue weighted by Gasteiger charge is 2.23. The molecule has 506 valence electrons. The van der Waals surface area contributed by atoms with Crippen molar-refractivity contribution in [2.75, 3.05) is 101 Å². The van der Waals surface area contributed by atoms with E-state index in [1.165, 1.54) is 5.56 Å². The van der Waals surface area contributed by atoms with Crippen LogP contribution in [0.5, 0.6) is 5.75 Å². The molecule has 16 rings (SSSR count). The van der Waals surface area contributed by atoms with E-state index in [4.69, 9.17) is 64.4 Å². The summed E-state index contributed by atoms with van der Waals surface area (Å²) in [6.45, 7) is 14.5. The molecule has 26 heteroatoms. The molecule has 0 amide bonds. The Kier molecular flexibility index (Phi) is 20.6. The fourth-order valence-electron chi connectivity index (χ4n) is 11.7. The van der Waals surface area contributed by atoms with E-state index in [1.54, 1.807) is 67.2 Å². The highest BCUT2D eigenvalue weighted by molar-refractivity contribution is 5.91. The number of morpholine rings is 3. The first-order chi connectivity index (χ1) is 49.7. The number of hydrogen-bond acceptors (Lipinski definition) is 23. The fraction of sp³-hybridized carbons (Fsp3) is 0.253. The zero-order valence-corrected chi connectivity index (χ0v) is 56.1. The second-order valence-electron chi connectivity index (χ2n) is 24.2. The number of nitriles is 1. The lowest BCUT2D eigenvalue weighted by molar-refractivity contribution is 0.122. The summed E-state index contributed by atoms with van der Waals surface area (Å²) in [5.41, 5.74) is 10.1. The van der Waals surface area contributed by atoms with Crippen LogP contribution in [0.25, 0.3) is 62.3 Å². The molecule has 0 spiro atoms.